The van der Waals surface area contributed by atoms with Gasteiger partial charge in [0.25, 0.3) is 5.91 Å². The van der Waals surface area contributed by atoms with E-state index in [9.17, 15) is 4.79 Å². The van der Waals surface area contributed by atoms with Crippen molar-refractivity contribution in [1.29, 1.82) is 0 Å². The third-order valence-corrected chi connectivity index (χ3v) is 3.32. The molecule has 0 aliphatic heterocycles. The summed E-state index contributed by atoms with van der Waals surface area (Å²) in [5, 5.41) is 3.33. The van der Waals surface area contributed by atoms with Crippen molar-refractivity contribution in [2.45, 2.75) is 6.04 Å². The Balaban J connectivity index is 2.09. The number of nitrogens with one attached hydrogen (secondary N) is 1. The second kappa shape index (κ2) is 6.85. The second-order valence-electron chi connectivity index (χ2n) is 5.07. The summed E-state index contributed by atoms with van der Waals surface area (Å²) < 4.78 is 0. The van der Waals surface area contributed by atoms with Crippen molar-refractivity contribution in [1.82, 2.24) is 9.88 Å². The predicted molar refractivity (Wildman–Crippen MR) is 84.1 cm³/mol. The van der Waals surface area contributed by atoms with Gasteiger partial charge >= 0.3 is 0 Å². The molecule has 1 heterocycles. The van der Waals surface area contributed by atoms with Crippen molar-refractivity contribution < 1.29 is 4.79 Å². The van der Waals surface area contributed by atoms with Crippen LogP contribution >= 0.6 is 0 Å². The van der Waals surface area contributed by atoms with Crippen LogP contribution in [0.15, 0.2) is 48.7 Å². The summed E-state index contributed by atoms with van der Waals surface area (Å²) in [5.74, 6) is -0.522. The zero-order valence-corrected chi connectivity index (χ0v) is 12.3. The number of carbonyl (C=O) groups excluding carboxylic acids is 1. The molecule has 1 aromatic heterocycles. The molecule has 5 heteroatoms. The van der Waals surface area contributed by atoms with E-state index in [1.165, 1.54) is 5.56 Å². The summed E-state index contributed by atoms with van der Waals surface area (Å²) in [6, 6.07) is 14.0. The molecule has 0 radical (unpaired) electrons. The molecule has 5 nitrogen and oxygen atoms in total. The normalized spacial score (nSPS) is 12.1. The van der Waals surface area contributed by atoms with Gasteiger partial charge in [0.15, 0.2) is 0 Å². The summed E-state index contributed by atoms with van der Waals surface area (Å²) in [6.45, 7) is 0.721. The summed E-state index contributed by atoms with van der Waals surface area (Å²) in [6.07, 6.45) is 1.58. The minimum Gasteiger partial charge on any atom is -0.383 e. The van der Waals surface area contributed by atoms with E-state index in [0.29, 0.717) is 0 Å². The van der Waals surface area contributed by atoms with Crippen LogP contribution in [0, 0.1) is 0 Å². The number of nitrogens with two attached hydrogens (primary N) is 1. The number of likely N-dealkylation sites (N-methyl/N-ethyl adjacent to an activating group) is 1. The average Bonchev–Trinajstić information content (AvgIpc) is 2.48. The summed E-state index contributed by atoms with van der Waals surface area (Å²) in [4.78, 5) is 17.2. The van der Waals surface area contributed by atoms with Crippen LogP contribution in [0.1, 0.15) is 22.1 Å². The largest absolute Gasteiger partial charge is 0.383 e. The van der Waals surface area contributed by atoms with Crippen LogP contribution in [0.5, 0.6) is 0 Å². The smallest absolute Gasteiger partial charge is 0.267 e. The van der Waals surface area contributed by atoms with Crippen molar-refractivity contribution in [3.05, 3.63) is 59.9 Å². The van der Waals surface area contributed by atoms with Gasteiger partial charge in [0.1, 0.15) is 5.69 Å². The van der Waals surface area contributed by atoms with Crippen LogP contribution in [0.25, 0.3) is 0 Å². The van der Waals surface area contributed by atoms with E-state index >= 15 is 0 Å². The van der Waals surface area contributed by atoms with Crippen molar-refractivity contribution >= 4 is 11.6 Å². The van der Waals surface area contributed by atoms with Crippen LogP contribution in [0.3, 0.4) is 0 Å². The Labute approximate surface area is 124 Å². The van der Waals surface area contributed by atoms with Gasteiger partial charge in [0.2, 0.25) is 0 Å². The van der Waals surface area contributed by atoms with Crippen LogP contribution in [-0.4, -0.2) is 36.4 Å². The molecule has 0 spiro atoms. The summed E-state index contributed by atoms with van der Waals surface area (Å²) in [7, 11) is 4.08. The summed E-state index contributed by atoms with van der Waals surface area (Å²) in [5.41, 5.74) is 7.58. The first-order valence-electron chi connectivity index (χ1n) is 6.79. The molecular weight excluding hydrogens is 264 g/mol. The molecule has 21 heavy (non-hydrogen) atoms. The van der Waals surface area contributed by atoms with Gasteiger partial charge < -0.3 is 16.0 Å². The molecule has 1 unspecified atom stereocenters. The minimum absolute atomic E-state index is 0.233. The maximum Gasteiger partial charge on any atom is 0.267 e. The molecule has 0 bridgehead atoms. The predicted octanol–water partition coefficient (Wildman–Crippen LogP) is 1.90. The van der Waals surface area contributed by atoms with Gasteiger partial charge in [0.05, 0.1) is 6.04 Å². The number of benzene rings is 1. The molecule has 0 aliphatic rings. The van der Waals surface area contributed by atoms with E-state index in [1.54, 1.807) is 12.3 Å². The third-order valence-electron chi connectivity index (χ3n) is 3.32. The number of anilines is 1. The van der Waals surface area contributed by atoms with E-state index in [1.807, 2.05) is 38.4 Å². The highest BCUT2D eigenvalue weighted by atomic mass is 16.1. The maximum atomic E-state index is 11.1. The van der Waals surface area contributed by atoms with Gasteiger partial charge in [-0.2, -0.15) is 0 Å². The second-order valence-corrected chi connectivity index (χ2v) is 5.07. The third kappa shape index (κ3) is 4.03. The molecule has 1 aromatic carbocycles. The molecule has 2 aromatic rings. The monoisotopic (exact) mass is 284 g/mol. The van der Waals surface area contributed by atoms with Crippen molar-refractivity contribution in [3.8, 4) is 0 Å². The first-order chi connectivity index (χ1) is 10.1. The molecule has 3 N–H and O–H groups in total. The molecule has 2 rings (SSSR count). The number of aromatic nitrogens is 1. The first kappa shape index (κ1) is 15.0. The molecule has 1 atom stereocenters. The first-order valence-corrected chi connectivity index (χ1v) is 6.79. The zero-order valence-electron chi connectivity index (χ0n) is 12.3. The molecule has 0 saturated carbocycles. The van der Waals surface area contributed by atoms with E-state index in [2.05, 4.69) is 27.3 Å². The molecule has 0 fully saturated rings. The topological polar surface area (TPSA) is 71.2 Å². The van der Waals surface area contributed by atoms with Gasteiger partial charge in [-0.3, -0.25) is 9.78 Å². The minimum atomic E-state index is -0.522. The van der Waals surface area contributed by atoms with Crippen LogP contribution in [0.2, 0.25) is 0 Å². The van der Waals surface area contributed by atoms with Crippen LogP contribution in [0.4, 0.5) is 5.69 Å². The number of pyridine rings is 1. The average molecular weight is 284 g/mol. The Kier molecular flexibility index (Phi) is 4.90. The maximum absolute atomic E-state index is 11.1. The molecule has 0 saturated heterocycles. The van der Waals surface area contributed by atoms with E-state index in [0.717, 1.165) is 12.2 Å². The SMILES string of the molecule is CN(C)C(CNc1ccnc(C(N)=O)c1)c1ccccc1. The van der Waals surface area contributed by atoms with Gasteiger partial charge in [-0.25, -0.2) is 0 Å². The molecule has 1 amide bonds. The summed E-state index contributed by atoms with van der Waals surface area (Å²) >= 11 is 0. The van der Waals surface area contributed by atoms with E-state index in [-0.39, 0.29) is 11.7 Å². The lowest BCUT2D eigenvalue weighted by Gasteiger charge is -2.25. The lowest BCUT2D eigenvalue weighted by molar-refractivity contribution is 0.0995. The Bertz CT molecular complexity index is 598. The highest BCUT2D eigenvalue weighted by molar-refractivity contribution is 5.91. The fourth-order valence-electron chi connectivity index (χ4n) is 2.16. The number of hydrogen-bond acceptors (Lipinski definition) is 4. The highest BCUT2D eigenvalue weighted by Crippen LogP contribution is 2.19. The number of nitrogens with zero attached hydrogens (tertiary/aromatic N) is 2. The van der Waals surface area contributed by atoms with Gasteiger partial charge in [0, 0.05) is 18.4 Å². The number of amides is 1. The quantitative estimate of drug-likeness (QED) is 0.850. The zero-order chi connectivity index (χ0) is 15.2. The molecular formula is C16H20N4O. The lowest BCUT2D eigenvalue weighted by atomic mass is 10.1. The fraction of sp³-hybridized carbons (Fsp3) is 0.250. The lowest BCUT2D eigenvalue weighted by Crippen LogP contribution is -2.27. The van der Waals surface area contributed by atoms with Gasteiger partial charge in [-0.1, -0.05) is 30.3 Å². The highest BCUT2D eigenvalue weighted by Gasteiger charge is 2.13. The van der Waals surface area contributed by atoms with Crippen LogP contribution < -0.4 is 11.1 Å². The van der Waals surface area contributed by atoms with Crippen LogP contribution in [-0.2, 0) is 0 Å². The van der Waals surface area contributed by atoms with E-state index < -0.39 is 5.91 Å². The Hall–Kier alpha value is -2.40. The van der Waals surface area contributed by atoms with E-state index in [4.69, 9.17) is 5.73 Å². The van der Waals surface area contributed by atoms with Crippen molar-refractivity contribution in [2.75, 3.05) is 26.0 Å². The van der Waals surface area contributed by atoms with Gasteiger partial charge in [-0.15, -0.1) is 0 Å². The number of primary amides is 1. The number of carbonyl (C=O) groups is 1. The van der Waals surface area contributed by atoms with Crippen molar-refractivity contribution in [2.24, 2.45) is 5.73 Å². The molecule has 0 aliphatic carbocycles. The Morgan fingerprint density at radius 2 is 2.00 bits per heavy atom. The number of hydrogen-bond donors (Lipinski definition) is 2. The van der Waals surface area contributed by atoms with Gasteiger partial charge in [-0.05, 0) is 31.8 Å². The fourth-order valence-corrected chi connectivity index (χ4v) is 2.16. The standard InChI is InChI=1S/C16H20N4O/c1-20(2)15(12-6-4-3-5-7-12)11-19-13-8-9-18-14(10-13)16(17)21/h3-10,15H,11H2,1-2H3,(H2,17,21)(H,18,19). The van der Waals surface area contributed by atoms with Crippen molar-refractivity contribution in [3.63, 3.8) is 0 Å². The number of rotatable bonds is 6. The Morgan fingerprint density at radius 1 is 1.29 bits per heavy atom. The Morgan fingerprint density at radius 3 is 2.62 bits per heavy atom. The molecule has 110 valence electrons.